The lowest BCUT2D eigenvalue weighted by Gasteiger charge is -2.10. The first kappa shape index (κ1) is 14.9. The molecule has 2 rings (SSSR count). The van der Waals surface area contributed by atoms with Crippen molar-refractivity contribution >= 4 is 27.6 Å². The Morgan fingerprint density at radius 2 is 2.19 bits per heavy atom. The Hall–Kier alpha value is -2.48. The smallest absolute Gasteiger partial charge is 0.346 e. The largest absolute Gasteiger partial charge is 0.477 e. The molecule has 1 aromatic heterocycles. The number of aromatic nitrogens is 1. The van der Waals surface area contributed by atoms with Crippen LogP contribution in [0.15, 0.2) is 34.9 Å². The van der Waals surface area contributed by atoms with Crippen LogP contribution in [0, 0.1) is 17.0 Å². The van der Waals surface area contributed by atoms with Gasteiger partial charge in [0.1, 0.15) is 0 Å². The van der Waals surface area contributed by atoms with E-state index < -0.39 is 22.1 Å². The number of carboxylic acid groups (broad SMARTS) is 1. The molecule has 0 aliphatic rings. The van der Waals surface area contributed by atoms with Crippen LogP contribution in [0.25, 0.3) is 0 Å². The molecule has 0 saturated heterocycles. The highest BCUT2D eigenvalue weighted by molar-refractivity contribution is 9.10. The highest BCUT2D eigenvalue weighted by Crippen LogP contribution is 2.32. The summed E-state index contributed by atoms with van der Waals surface area (Å²) in [6, 6.07) is 5.55. The number of rotatable bonds is 4. The average molecular weight is 353 g/mol. The van der Waals surface area contributed by atoms with Gasteiger partial charge in [0.25, 0.3) is 5.69 Å². The Morgan fingerprint density at radius 1 is 1.48 bits per heavy atom. The maximum absolute atomic E-state index is 11.3. The van der Waals surface area contributed by atoms with Crippen molar-refractivity contribution in [1.82, 2.24) is 4.98 Å². The predicted octanol–water partition coefficient (Wildman–Crippen LogP) is 3.55. The summed E-state index contributed by atoms with van der Waals surface area (Å²) in [5, 5.41) is 20.1. The third-order valence-corrected chi connectivity index (χ3v) is 3.05. The zero-order chi connectivity index (χ0) is 15.6. The molecule has 0 bridgehead atoms. The van der Waals surface area contributed by atoms with E-state index in [1.807, 2.05) is 0 Å². The van der Waals surface area contributed by atoms with Gasteiger partial charge in [-0.25, -0.2) is 9.78 Å². The molecule has 7 nitrogen and oxygen atoms in total. The number of hydrogen-bond donors (Lipinski definition) is 1. The number of nitro groups is 1. The third-order valence-electron chi connectivity index (χ3n) is 2.62. The number of halogens is 1. The Balaban J connectivity index is 2.51. The van der Waals surface area contributed by atoms with Gasteiger partial charge in [-0.15, -0.1) is 0 Å². The van der Waals surface area contributed by atoms with Gasteiger partial charge >= 0.3 is 5.97 Å². The fourth-order valence-corrected chi connectivity index (χ4v) is 2.16. The van der Waals surface area contributed by atoms with Crippen LogP contribution in [0.4, 0.5) is 5.69 Å². The van der Waals surface area contributed by atoms with Crippen LogP contribution in [0.2, 0.25) is 0 Å². The van der Waals surface area contributed by atoms with Gasteiger partial charge in [-0.3, -0.25) is 10.1 Å². The first-order chi connectivity index (χ1) is 9.90. The molecule has 0 saturated carbocycles. The van der Waals surface area contributed by atoms with Gasteiger partial charge in [-0.2, -0.15) is 0 Å². The minimum absolute atomic E-state index is 0.130. The van der Waals surface area contributed by atoms with Crippen molar-refractivity contribution in [2.75, 3.05) is 0 Å². The molecule has 8 heteroatoms. The van der Waals surface area contributed by atoms with Crippen molar-refractivity contribution in [3.63, 3.8) is 0 Å². The summed E-state index contributed by atoms with van der Waals surface area (Å²) in [6.45, 7) is 1.73. The van der Waals surface area contributed by atoms with Crippen LogP contribution in [0.5, 0.6) is 11.6 Å². The number of carbonyl (C=O) groups is 1. The number of aromatic carboxylic acids is 1. The number of benzene rings is 1. The number of nitrogens with zero attached hydrogens (tertiary/aromatic N) is 2. The van der Waals surface area contributed by atoms with Gasteiger partial charge in [0, 0.05) is 22.3 Å². The Morgan fingerprint density at radius 3 is 2.76 bits per heavy atom. The summed E-state index contributed by atoms with van der Waals surface area (Å²) < 4.78 is 6.17. The van der Waals surface area contributed by atoms with Crippen LogP contribution < -0.4 is 4.74 Å². The maximum atomic E-state index is 11.3. The van der Waals surface area contributed by atoms with E-state index in [9.17, 15) is 20.0 Å². The molecule has 1 N–H and O–H groups in total. The molecule has 0 radical (unpaired) electrons. The van der Waals surface area contributed by atoms with Gasteiger partial charge in [-0.1, -0.05) is 6.07 Å². The first-order valence-corrected chi connectivity index (χ1v) is 6.50. The number of carboxylic acids is 1. The minimum atomic E-state index is -1.44. The summed E-state index contributed by atoms with van der Waals surface area (Å²) in [6.07, 6.45) is 1.49. The second kappa shape index (κ2) is 5.88. The fourth-order valence-electron chi connectivity index (χ4n) is 1.71. The average Bonchev–Trinajstić information content (AvgIpc) is 2.41. The first-order valence-electron chi connectivity index (χ1n) is 5.71. The number of ether oxygens (including phenoxy) is 1. The molecule has 108 valence electrons. The molecule has 0 atom stereocenters. The molecule has 1 aromatic carbocycles. The maximum Gasteiger partial charge on any atom is 0.346 e. The monoisotopic (exact) mass is 352 g/mol. The standard InChI is InChI=1S/C13H9BrN2O5/c1-7-5-8(14)6-15-12(7)21-10-4-2-3-9(16(19)20)11(10)13(17)18/h2-6H,1H3,(H,17,18). The number of nitro benzene ring substituents is 1. The van der Waals surface area contributed by atoms with Crippen molar-refractivity contribution in [2.45, 2.75) is 6.92 Å². The normalized spacial score (nSPS) is 10.2. The van der Waals surface area contributed by atoms with Crippen LogP contribution in [-0.4, -0.2) is 21.0 Å². The van der Waals surface area contributed by atoms with Crippen molar-refractivity contribution in [1.29, 1.82) is 0 Å². The lowest BCUT2D eigenvalue weighted by Crippen LogP contribution is -2.05. The van der Waals surface area contributed by atoms with Crippen molar-refractivity contribution in [3.8, 4) is 11.6 Å². The molecule has 21 heavy (non-hydrogen) atoms. The highest BCUT2D eigenvalue weighted by Gasteiger charge is 2.25. The van der Waals surface area contributed by atoms with E-state index in [2.05, 4.69) is 20.9 Å². The predicted molar refractivity (Wildman–Crippen MR) is 76.8 cm³/mol. The summed E-state index contributed by atoms with van der Waals surface area (Å²) in [4.78, 5) is 25.4. The molecule has 0 fully saturated rings. The summed E-state index contributed by atoms with van der Waals surface area (Å²) in [5.74, 6) is -1.39. The van der Waals surface area contributed by atoms with Crippen LogP contribution >= 0.6 is 15.9 Å². The van der Waals surface area contributed by atoms with E-state index in [0.29, 0.717) is 5.56 Å². The van der Waals surface area contributed by atoms with Gasteiger partial charge in [0.15, 0.2) is 11.3 Å². The second-order valence-corrected chi connectivity index (χ2v) is 5.01. The van der Waals surface area contributed by atoms with Crippen molar-refractivity contribution in [3.05, 3.63) is 56.2 Å². The van der Waals surface area contributed by atoms with Crippen LogP contribution in [0.1, 0.15) is 15.9 Å². The third kappa shape index (κ3) is 3.16. The number of aryl methyl sites for hydroxylation is 1. The van der Waals surface area contributed by atoms with Crippen molar-refractivity contribution in [2.24, 2.45) is 0 Å². The summed E-state index contributed by atoms with van der Waals surface area (Å²) in [7, 11) is 0. The summed E-state index contributed by atoms with van der Waals surface area (Å²) in [5.41, 5.74) is -0.381. The lowest BCUT2D eigenvalue weighted by molar-refractivity contribution is -0.385. The topological polar surface area (TPSA) is 103 Å². The van der Waals surface area contributed by atoms with Crippen LogP contribution in [-0.2, 0) is 0 Å². The Labute approximate surface area is 127 Å². The van der Waals surface area contributed by atoms with Gasteiger partial charge in [0.05, 0.1) is 4.92 Å². The minimum Gasteiger partial charge on any atom is -0.477 e. The molecule has 0 unspecified atom stereocenters. The quantitative estimate of drug-likeness (QED) is 0.666. The van der Waals surface area contributed by atoms with E-state index in [1.165, 1.54) is 18.3 Å². The lowest BCUT2D eigenvalue weighted by atomic mass is 10.1. The molecule has 0 aliphatic carbocycles. The van der Waals surface area contributed by atoms with E-state index in [0.717, 1.165) is 10.5 Å². The zero-order valence-electron chi connectivity index (χ0n) is 10.7. The van der Waals surface area contributed by atoms with E-state index >= 15 is 0 Å². The molecule has 2 aromatic rings. The van der Waals surface area contributed by atoms with Crippen molar-refractivity contribution < 1.29 is 19.6 Å². The number of pyridine rings is 1. The summed E-state index contributed by atoms with van der Waals surface area (Å²) >= 11 is 3.25. The second-order valence-electron chi connectivity index (χ2n) is 4.09. The molecule has 0 amide bonds. The molecule has 0 spiro atoms. The van der Waals surface area contributed by atoms with Gasteiger partial charge in [0.2, 0.25) is 5.88 Å². The molecule has 1 heterocycles. The highest BCUT2D eigenvalue weighted by atomic mass is 79.9. The fraction of sp³-hybridized carbons (Fsp3) is 0.0769. The van der Waals surface area contributed by atoms with E-state index in [1.54, 1.807) is 13.0 Å². The number of hydrogen-bond acceptors (Lipinski definition) is 5. The van der Waals surface area contributed by atoms with Crippen LogP contribution in [0.3, 0.4) is 0 Å². The molecule has 0 aliphatic heterocycles. The zero-order valence-corrected chi connectivity index (χ0v) is 12.3. The van der Waals surface area contributed by atoms with Gasteiger partial charge in [-0.05, 0) is 35.0 Å². The Bertz CT molecular complexity index is 732. The molecular formula is C13H9BrN2O5. The Kier molecular flexibility index (Phi) is 4.18. The van der Waals surface area contributed by atoms with E-state index in [4.69, 9.17) is 4.74 Å². The molecular weight excluding hydrogens is 344 g/mol. The van der Waals surface area contributed by atoms with Gasteiger partial charge < -0.3 is 9.84 Å². The van der Waals surface area contributed by atoms with E-state index in [-0.39, 0.29) is 11.6 Å². The SMILES string of the molecule is Cc1cc(Br)cnc1Oc1cccc([N+](=O)[O-])c1C(=O)O.